The Labute approximate surface area is 178 Å². The summed E-state index contributed by atoms with van der Waals surface area (Å²) in [7, 11) is 0. The van der Waals surface area contributed by atoms with E-state index in [2.05, 4.69) is 70.6 Å². The third kappa shape index (κ3) is 2.61. The van der Waals surface area contributed by atoms with Gasteiger partial charge in [-0.05, 0) is 33.2 Å². The summed E-state index contributed by atoms with van der Waals surface area (Å²) in [5.74, 6) is -0.0362. The Morgan fingerprint density at radius 1 is 0.733 bits per heavy atom. The summed E-state index contributed by atoms with van der Waals surface area (Å²) in [6.45, 7) is 0. The van der Waals surface area contributed by atoms with Gasteiger partial charge in [0.25, 0.3) is 5.91 Å². The molecule has 3 nitrogen and oxygen atoms in total. The molecule has 30 heavy (non-hydrogen) atoms. The van der Waals surface area contributed by atoms with Gasteiger partial charge in [0.1, 0.15) is 11.2 Å². The van der Waals surface area contributed by atoms with Gasteiger partial charge in [0.05, 0.1) is 5.56 Å². The third-order valence-electron chi connectivity index (χ3n) is 5.76. The van der Waals surface area contributed by atoms with Crippen LogP contribution in [0.2, 0.25) is 0 Å². The van der Waals surface area contributed by atoms with Crippen molar-refractivity contribution < 1.29 is 4.79 Å². The number of hydrogen-bond donors (Lipinski definition) is 2. The normalized spacial score (nSPS) is 15.6. The van der Waals surface area contributed by atoms with Crippen molar-refractivity contribution >= 4 is 43.8 Å². The topological polar surface area (TPSA) is 41.1 Å². The first-order chi connectivity index (χ1) is 14.8. The molecule has 2 N–H and O–H groups in total. The van der Waals surface area contributed by atoms with Crippen LogP contribution in [-0.4, -0.2) is 5.91 Å². The average Bonchev–Trinajstić information content (AvgIpc) is 3.22. The quantitative estimate of drug-likeness (QED) is 0.325. The molecule has 0 unspecified atom stereocenters. The molecule has 2 heterocycles. The summed E-state index contributed by atoms with van der Waals surface area (Å²) in [6.07, 6.45) is -0.289. The lowest BCUT2D eigenvalue weighted by Gasteiger charge is -2.28. The van der Waals surface area contributed by atoms with Crippen LogP contribution in [0.3, 0.4) is 0 Å². The Kier molecular flexibility index (Phi) is 3.86. The second kappa shape index (κ2) is 6.71. The van der Waals surface area contributed by atoms with E-state index < -0.39 is 0 Å². The van der Waals surface area contributed by atoms with Gasteiger partial charge in [-0.2, -0.15) is 0 Å². The molecule has 4 heteroatoms. The van der Waals surface area contributed by atoms with Crippen molar-refractivity contribution in [2.24, 2.45) is 0 Å². The maximum absolute atomic E-state index is 13.3. The zero-order valence-electron chi connectivity index (χ0n) is 16.1. The molecule has 0 saturated heterocycles. The zero-order valence-corrected chi connectivity index (χ0v) is 16.9. The molecule has 1 aliphatic heterocycles. The number of rotatable bonds is 2. The number of nitrogens with one attached hydrogen (secondary N) is 2. The van der Waals surface area contributed by atoms with Gasteiger partial charge in [0.2, 0.25) is 0 Å². The number of hydrogen-bond acceptors (Lipinski definition) is 3. The maximum Gasteiger partial charge on any atom is 0.256 e. The Balaban J connectivity index is 1.52. The van der Waals surface area contributed by atoms with Crippen molar-refractivity contribution in [3.8, 4) is 11.1 Å². The lowest BCUT2D eigenvalue weighted by atomic mass is 9.93. The van der Waals surface area contributed by atoms with Crippen molar-refractivity contribution in [1.82, 2.24) is 5.32 Å². The minimum atomic E-state index is -0.289. The molecular formula is C26H18N2OS. The SMILES string of the molecule is O=C1N[C@@H](c2c3ccccc3cc3ccccc23)Nc2scc(-c3ccccc3)c21. The highest BCUT2D eigenvalue weighted by Gasteiger charge is 2.30. The van der Waals surface area contributed by atoms with E-state index in [9.17, 15) is 4.79 Å². The highest BCUT2D eigenvalue weighted by atomic mass is 32.1. The summed E-state index contributed by atoms with van der Waals surface area (Å²) in [5, 5.41) is 14.5. The molecule has 0 bridgehead atoms. The molecule has 144 valence electrons. The number of carbonyl (C=O) groups is 1. The minimum Gasteiger partial charge on any atom is -0.353 e. The molecule has 0 aliphatic carbocycles. The van der Waals surface area contributed by atoms with Crippen LogP contribution in [0.1, 0.15) is 22.1 Å². The largest absolute Gasteiger partial charge is 0.353 e. The monoisotopic (exact) mass is 406 g/mol. The molecule has 0 fully saturated rings. The fourth-order valence-electron chi connectivity index (χ4n) is 4.39. The number of amides is 1. The molecule has 1 amide bonds. The Morgan fingerprint density at radius 2 is 1.37 bits per heavy atom. The molecule has 0 spiro atoms. The number of thiophene rings is 1. The van der Waals surface area contributed by atoms with Crippen LogP contribution in [0.15, 0.2) is 90.3 Å². The lowest BCUT2D eigenvalue weighted by Crippen LogP contribution is -2.38. The van der Waals surface area contributed by atoms with Crippen LogP contribution in [0.4, 0.5) is 5.00 Å². The summed E-state index contributed by atoms with van der Waals surface area (Å²) >= 11 is 1.59. The number of carbonyl (C=O) groups excluding carboxylic acids is 1. The summed E-state index contributed by atoms with van der Waals surface area (Å²) < 4.78 is 0. The molecule has 4 aromatic carbocycles. The highest BCUT2D eigenvalue weighted by molar-refractivity contribution is 7.15. The van der Waals surface area contributed by atoms with Crippen molar-refractivity contribution in [1.29, 1.82) is 0 Å². The number of anilines is 1. The van der Waals surface area contributed by atoms with Crippen LogP contribution in [0.5, 0.6) is 0 Å². The number of benzene rings is 4. The molecule has 6 rings (SSSR count). The van der Waals surface area contributed by atoms with Crippen molar-refractivity contribution in [2.75, 3.05) is 5.32 Å². The van der Waals surface area contributed by atoms with E-state index in [1.54, 1.807) is 11.3 Å². The maximum atomic E-state index is 13.3. The Bertz CT molecular complexity index is 1370. The predicted octanol–water partition coefficient (Wildman–Crippen LogP) is 6.58. The van der Waals surface area contributed by atoms with Crippen molar-refractivity contribution in [3.63, 3.8) is 0 Å². The fraction of sp³-hybridized carbons (Fsp3) is 0.0385. The van der Waals surface area contributed by atoms with E-state index in [-0.39, 0.29) is 12.1 Å². The zero-order chi connectivity index (χ0) is 20.1. The van der Waals surface area contributed by atoms with Crippen LogP contribution in [0, 0.1) is 0 Å². The van der Waals surface area contributed by atoms with E-state index in [1.165, 1.54) is 10.8 Å². The first-order valence-electron chi connectivity index (χ1n) is 9.94. The molecular weight excluding hydrogens is 388 g/mol. The van der Waals surface area contributed by atoms with Crippen LogP contribution in [-0.2, 0) is 0 Å². The standard InChI is InChI=1S/C26H18N2OS/c29-25-23-21(16-8-2-1-3-9-16)15-30-26(23)28-24(27-25)22-19-12-6-4-10-17(19)14-18-11-5-7-13-20(18)22/h1-15,24,28H,(H,27,29)/t24-/m1/s1. The molecule has 1 aliphatic rings. The second-order valence-corrected chi connectivity index (χ2v) is 8.38. The van der Waals surface area contributed by atoms with Gasteiger partial charge in [0, 0.05) is 16.5 Å². The van der Waals surface area contributed by atoms with Gasteiger partial charge in [0.15, 0.2) is 0 Å². The van der Waals surface area contributed by atoms with E-state index >= 15 is 0 Å². The number of fused-ring (bicyclic) bond motifs is 3. The third-order valence-corrected chi connectivity index (χ3v) is 6.67. The first kappa shape index (κ1) is 17.2. The van der Waals surface area contributed by atoms with Gasteiger partial charge in [-0.1, -0.05) is 78.9 Å². The molecule has 0 radical (unpaired) electrons. The first-order valence-corrected chi connectivity index (χ1v) is 10.8. The van der Waals surface area contributed by atoms with E-state index in [0.29, 0.717) is 0 Å². The summed E-state index contributed by atoms with van der Waals surface area (Å²) in [4.78, 5) is 13.3. The molecule has 5 aromatic rings. The average molecular weight is 407 g/mol. The Hall–Kier alpha value is -3.63. The second-order valence-electron chi connectivity index (χ2n) is 7.50. The highest BCUT2D eigenvalue weighted by Crippen LogP contribution is 2.41. The lowest BCUT2D eigenvalue weighted by molar-refractivity contribution is 0.0937. The van der Waals surface area contributed by atoms with Crippen molar-refractivity contribution in [2.45, 2.75) is 6.17 Å². The predicted molar refractivity (Wildman–Crippen MR) is 125 cm³/mol. The van der Waals surface area contributed by atoms with Gasteiger partial charge in [-0.3, -0.25) is 4.79 Å². The van der Waals surface area contributed by atoms with Crippen LogP contribution >= 0.6 is 11.3 Å². The van der Waals surface area contributed by atoms with Crippen LogP contribution < -0.4 is 10.6 Å². The van der Waals surface area contributed by atoms with Gasteiger partial charge >= 0.3 is 0 Å². The van der Waals surface area contributed by atoms with E-state index in [0.717, 1.165) is 38.0 Å². The van der Waals surface area contributed by atoms with E-state index in [1.807, 2.05) is 30.3 Å². The van der Waals surface area contributed by atoms with Gasteiger partial charge in [-0.15, -0.1) is 11.3 Å². The van der Waals surface area contributed by atoms with Crippen molar-refractivity contribution in [3.05, 3.63) is 101 Å². The van der Waals surface area contributed by atoms with Crippen LogP contribution in [0.25, 0.3) is 32.7 Å². The van der Waals surface area contributed by atoms with Gasteiger partial charge < -0.3 is 10.6 Å². The Morgan fingerprint density at radius 3 is 2.07 bits per heavy atom. The molecule has 1 aromatic heterocycles. The molecule has 0 saturated carbocycles. The smallest absolute Gasteiger partial charge is 0.256 e. The summed E-state index contributed by atoms with van der Waals surface area (Å²) in [6, 6.07) is 29.0. The minimum absolute atomic E-state index is 0.0362. The summed E-state index contributed by atoms with van der Waals surface area (Å²) in [5.41, 5.74) is 3.87. The fourth-order valence-corrected chi connectivity index (χ4v) is 5.39. The van der Waals surface area contributed by atoms with E-state index in [4.69, 9.17) is 0 Å². The van der Waals surface area contributed by atoms with Gasteiger partial charge in [-0.25, -0.2) is 0 Å². The molecule has 1 atom stereocenters.